The highest BCUT2D eigenvalue weighted by Crippen LogP contribution is 2.35. The highest BCUT2D eigenvalue weighted by Gasteiger charge is 2.17. The molecule has 2 unspecified atom stereocenters. The van der Waals surface area contributed by atoms with E-state index in [-0.39, 0.29) is 43.1 Å². The maximum atomic E-state index is 11.9. The van der Waals surface area contributed by atoms with Crippen molar-refractivity contribution in [3.63, 3.8) is 0 Å². The molecule has 3 aromatic rings. The number of para-hydroxylation sites is 2. The van der Waals surface area contributed by atoms with Gasteiger partial charge in [0, 0.05) is 12.8 Å². The molecule has 0 aliphatic heterocycles. The van der Waals surface area contributed by atoms with E-state index in [1.165, 1.54) is 12.4 Å². The van der Waals surface area contributed by atoms with E-state index in [0.29, 0.717) is 28.9 Å². The number of aliphatic hydroxyl groups excluding tert-OH is 4. The first-order valence-corrected chi connectivity index (χ1v) is 10.1. The Labute approximate surface area is 185 Å². The van der Waals surface area contributed by atoms with E-state index in [2.05, 4.69) is 4.98 Å². The van der Waals surface area contributed by atoms with Crippen LogP contribution in [0.2, 0.25) is 0 Å². The number of carbonyl (C=O) groups is 1. The third-order valence-corrected chi connectivity index (χ3v) is 4.75. The van der Waals surface area contributed by atoms with E-state index in [0.717, 1.165) is 0 Å². The van der Waals surface area contributed by atoms with E-state index in [9.17, 15) is 15.0 Å². The minimum Gasteiger partial charge on any atom is -0.455 e. The van der Waals surface area contributed by atoms with Crippen LogP contribution >= 0.6 is 0 Å². The van der Waals surface area contributed by atoms with Gasteiger partial charge in [0.05, 0.1) is 37.8 Å². The summed E-state index contributed by atoms with van der Waals surface area (Å²) in [6.45, 7) is -0.771. The van der Waals surface area contributed by atoms with Crippen molar-refractivity contribution in [1.82, 2.24) is 4.98 Å². The molecule has 4 N–H and O–H groups in total. The van der Waals surface area contributed by atoms with Gasteiger partial charge in [-0.1, -0.05) is 36.4 Å². The summed E-state index contributed by atoms with van der Waals surface area (Å²) >= 11 is 0. The zero-order chi connectivity index (χ0) is 22.9. The fourth-order valence-electron chi connectivity index (χ4n) is 3.13. The first-order valence-electron chi connectivity index (χ1n) is 10.1. The summed E-state index contributed by atoms with van der Waals surface area (Å²) in [7, 11) is 0. The zero-order valence-corrected chi connectivity index (χ0v) is 17.3. The maximum Gasteiger partial charge on any atom is 0.160 e. The Morgan fingerprint density at radius 3 is 1.59 bits per heavy atom. The lowest BCUT2D eigenvalue weighted by molar-refractivity contribution is 0.0950. The first-order chi connectivity index (χ1) is 15.5. The summed E-state index contributed by atoms with van der Waals surface area (Å²) in [5.74, 6) is 1.15. The Kier molecular flexibility index (Phi) is 8.29. The molecule has 1 heterocycles. The SMILES string of the molecule is O=Cc1c(Oc2ccccc2CC(O)CO)cncc1Oc1ccccc1CC(O)CO. The van der Waals surface area contributed by atoms with Gasteiger partial charge in [-0.3, -0.25) is 9.78 Å². The molecule has 2 atom stereocenters. The molecule has 0 fully saturated rings. The smallest absolute Gasteiger partial charge is 0.160 e. The van der Waals surface area contributed by atoms with Crippen molar-refractivity contribution in [2.24, 2.45) is 0 Å². The van der Waals surface area contributed by atoms with E-state index in [4.69, 9.17) is 19.7 Å². The lowest BCUT2D eigenvalue weighted by atomic mass is 10.1. The number of benzene rings is 2. The molecule has 0 bridgehead atoms. The van der Waals surface area contributed by atoms with Crippen molar-refractivity contribution in [3.8, 4) is 23.0 Å². The molecule has 168 valence electrons. The molecule has 0 radical (unpaired) electrons. The second-order valence-corrected chi connectivity index (χ2v) is 7.17. The average Bonchev–Trinajstić information content (AvgIpc) is 2.81. The van der Waals surface area contributed by atoms with E-state index >= 15 is 0 Å². The van der Waals surface area contributed by atoms with Gasteiger partial charge in [0.1, 0.15) is 17.1 Å². The van der Waals surface area contributed by atoms with Crippen molar-refractivity contribution >= 4 is 6.29 Å². The number of hydrogen-bond acceptors (Lipinski definition) is 8. The summed E-state index contributed by atoms with van der Waals surface area (Å²) in [5, 5.41) is 37.8. The second-order valence-electron chi connectivity index (χ2n) is 7.17. The van der Waals surface area contributed by atoms with Crippen LogP contribution in [-0.2, 0) is 12.8 Å². The Hall–Kier alpha value is -3.30. The normalized spacial score (nSPS) is 12.8. The van der Waals surface area contributed by atoms with Crippen LogP contribution in [0, 0.1) is 0 Å². The molecule has 2 aromatic carbocycles. The van der Waals surface area contributed by atoms with Gasteiger partial charge in [-0.25, -0.2) is 0 Å². The minimum atomic E-state index is -0.941. The lowest BCUT2D eigenvalue weighted by Crippen LogP contribution is -2.15. The van der Waals surface area contributed by atoms with Crippen LogP contribution in [0.25, 0.3) is 0 Å². The third kappa shape index (κ3) is 5.89. The molecule has 32 heavy (non-hydrogen) atoms. The zero-order valence-electron chi connectivity index (χ0n) is 17.3. The summed E-state index contributed by atoms with van der Waals surface area (Å²) in [4.78, 5) is 16.0. The number of nitrogens with zero attached hydrogens (tertiary/aromatic N) is 1. The average molecular weight is 439 g/mol. The molecule has 0 amide bonds. The van der Waals surface area contributed by atoms with Crippen LogP contribution in [0.1, 0.15) is 21.5 Å². The van der Waals surface area contributed by atoms with E-state index < -0.39 is 12.2 Å². The van der Waals surface area contributed by atoms with Gasteiger partial charge in [-0.05, 0) is 23.3 Å². The first kappa shape index (κ1) is 23.4. The van der Waals surface area contributed by atoms with Crippen LogP contribution in [0.15, 0.2) is 60.9 Å². The predicted molar refractivity (Wildman–Crippen MR) is 116 cm³/mol. The predicted octanol–water partition coefficient (Wildman–Crippen LogP) is 2.27. The van der Waals surface area contributed by atoms with Gasteiger partial charge >= 0.3 is 0 Å². The Morgan fingerprint density at radius 2 is 1.19 bits per heavy atom. The van der Waals surface area contributed by atoms with Crippen LogP contribution < -0.4 is 9.47 Å². The number of pyridine rings is 1. The number of aldehydes is 1. The van der Waals surface area contributed by atoms with Crippen LogP contribution in [-0.4, -0.2) is 57.1 Å². The number of rotatable bonds is 11. The molecule has 0 saturated carbocycles. The van der Waals surface area contributed by atoms with E-state index in [1.54, 1.807) is 48.5 Å². The highest BCUT2D eigenvalue weighted by atomic mass is 16.5. The van der Waals surface area contributed by atoms with Gasteiger partial charge in [0.25, 0.3) is 0 Å². The van der Waals surface area contributed by atoms with Gasteiger partial charge in [0.2, 0.25) is 0 Å². The molecule has 0 spiro atoms. The fourth-order valence-corrected chi connectivity index (χ4v) is 3.13. The van der Waals surface area contributed by atoms with Crippen molar-refractivity contribution < 1.29 is 34.7 Å². The summed E-state index contributed by atoms with van der Waals surface area (Å²) in [5.41, 5.74) is 1.44. The van der Waals surface area contributed by atoms with Crippen molar-refractivity contribution in [1.29, 1.82) is 0 Å². The standard InChI is InChI=1S/C24H25NO7/c26-13-18(29)9-16-5-1-3-7-21(16)31-23-11-25-12-24(20(23)15-28)32-22-8-4-2-6-17(22)10-19(30)14-27/h1-8,11-12,15,18-19,26-27,29-30H,9-10,13-14H2. The molecule has 8 nitrogen and oxygen atoms in total. The Morgan fingerprint density at radius 1 is 0.750 bits per heavy atom. The minimum absolute atomic E-state index is 0.134. The third-order valence-electron chi connectivity index (χ3n) is 4.75. The van der Waals surface area contributed by atoms with Gasteiger partial charge in [0.15, 0.2) is 17.8 Å². The molecule has 1 aromatic heterocycles. The maximum absolute atomic E-state index is 11.9. The number of aliphatic hydroxyl groups is 4. The number of ether oxygens (including phenoxy) is 2. The summed E-state index contributed by atoms with van der Waals surface area (Å²) in [6, 6.07) is 13.9. The van der Waals surface area contributed by atoms with Crippen LogP contribution in [0.5, 0.6) is 23.0 Å². The Balaban J connectivity index is 1.90. The van der Waals surface area contributed by atoms with Crippen molar-refractivity contribution in [2.45, 2.75) is 25.0 Å². The Bertz CT molecular complexity index is 965. The second kappa shape index (κ2) is 11.4. The molecule has 8 heteroatoms. The van der Waals surface area contributed by atoms with Gasteiger partial charge in [-0.15, -0.1) is 0 Å². The topological polar surface area (TPSA) is 129 Å². The summed E-state index contributed by atoms with van der Waals surface area (Å²) in [6.07, 6.45) is 1.84. The molecule has 0 aliphatic rings. The number of hydrogen-bond donors (Lipinski definition) is 4. The number of aromatic nitrogens is 1. The van der Waals surface area contributed by atoms with Gasteiger partial charge in [-0.2, -0.15) is 0 Å². The summed E-state index contributed by atoms with van der Waals surface area (Å²) < 4.78 is 11.9. The van der Waals surface area contributed by atoms with Crippen molar-refractivity contribution in [3.05, 3.63) is 77.6 Å². The lowest BCUT2D eigenvalue weighted by Gasteiger charge is -2.17. The van der Waals surface area contributed by atoms with Crippen LogP contribution in [0.3, 0.4) is 0 Å². The van der Waals surface area contributed by atoms with Gasteiger partial charge < -0.3 is 29.9 Å². The molecule has 3 rings (SSSR count). The van der Waals surface area contributed by atoms with Crippen molar-refractivity contribution in [2.75, 3.05) is 13.2 Å². The van der Waals surface area contributed by atoms with E-state index in [1.807, 2.05) is 0 Å². The molecule has 0 saturated heterocycles. The highest BCUT2D eigenvalue weighted by molar-refractivity contribution is 5.83. The molecule has 0 aliphatic carbocycles. The quantitative estimate of drug-likeness (QED) is 0.335. The largest absolute Gasteiger partial charge is 0.455 e. The molecular formula is C24H25NO7. The number of carbonyl (C=O) groups excluding carboxylic acids is 1. The monoisotopic (exact) mass is 439 g/mol. The molecular weight excluding hydrogens is 414 g/mol. The van der Waals surface area contributed by atoms with Crippen LogP contribution in [0.4, 0.5) is 0 Å². The fraction of sp³-hybridized carbons (Fsp3) is 0.250.